The summed E-state index contributed by atoms with van der Waals surface area (Å²) in [6.45, 7) is 9.17. The summed E-state index contributed by atoms with van der Waals surface area (Å²) < 4.78 is 6.17. The van der Waals surface area contributed by atoms with Crippen molar-refractivity contribution in [1.82, 2.24) is 5.32 Å². The van der Waals surface area contributed by atoms with E-state index in [2.05, 4.69) is 35.5 Å². The lowest BCUT2D eigenvalue weighted by Crippen LogP contribution is -2.29. The number of carbonyl (C=O) groups is 1. The van der Waals surface area contributed by atoms with Crippen molar-refractivity contribution in [2.75, 3.05) is 20.8 Å². The minimum absolute atomic E-state index is 0.203. The summed E-state index contributed by atoms with van der Waals surface area (Å²) in [5.74, 6) is 0.451. The molecular formula is C26H35N3O4. The third kappa shape index (κ3) is 7.07. The first-order chi connectivity index (χ1) is 16.0. The highest BCUT2D eigenvalue weighted by Crippen LogP contribution is 2.26. The van der Waals surface area contributed by atoms with E-state index < -0.39 is 0 Å². The van der Waals surface area contributed by atoms with Crippen LogP contribution in [0.4, 0.5) is 0 Å². The molecule has 2 aromatic carbocycles. The maximum absolute atomic E-state index is 12.3. The zero-order valence-corrected chi connectivity index (χ0v) is 20.5. The van der Waals surface area contributed by atoms with Gasteiger partial charge in [-0.3, -0.25) is 4.79 Å². The van der Waals surface area contributed by atoms with Crippen molar-refractivity contribution in [3.63, 3.8) is 0 Å². The van der Waals surface area contributed by atoms with Crippen molar-refractivity contribution < 1.29 is 19.2 Å². The SMILES string of the molecule is CCCCO/N=C(\CC)c1cc(C)c(OCc2ccccc2/C(=N\OC)C(=O)NC)cc1C. The van der Waals surface area contributed by atoms with Crippen LogP contribution in [0.1, 0.15) is 60.9 Å². The Morgan fingerprint density at radius 2 is 1.79 bits per heavy atom. The molecule has 0 fully saturated rings. The minimum Gasteiger partial charge on any atom is -0.489 e. The topological polar surface area (TPSA) is 81.5 Å². The van der Waals surface area contributed by atoms with Crippen LogP contribution in [0.2, 0.25) is 0 Å². The number of rotatable bonds is 12. The Kier molecular flexibility index (Phi) is 10.4. The summed E-state index contributed by atoms with van der Waals surface area (Å²) >= 11 is 0. The molecule has 0 heterocycles. The monoisotopic (exact) mass is 453 g/mol. The van der Waals surface area contributed by atoms with Gasteiger partial charge in [-0.2, -0.15) is 0 Å². The highest BCUT2D eigenvalue weighted by atomic mass is 16.6. The van der Waals surface area contributed by atoms with Crippen LogP contribution in [-0.2, 0) is 21.1 Å². The Morgan fingerprint density at radius 3 is 2.45 bits per heavy atom. The molecule has 0 aromatic heterocycles. The highest BCUT2D eigenvalue weighted by molar-refractivity contribution is 6.45. The van der Waals surface area contributed by atoms with Gasteiger partial charge in [-0.05, 0) is 55.5 Å². The van der Waals surface area contributed by atoms with Gasteiger partial charge in [0.25, 0.3) is 5.91 Å². The normalized spacial score (nSPS) is 11.8. The van der Waals surface area contributed by atoms with Crippen molar-refractivity contribution in [2.45, 2.75) is 53.6 Å². The molecule has 0 aliphatic carbocycles. The summed E-state index contributed by atoms with van der Waals surface area (Å²) in [5, 5.41) is 10.9. The number of carbonyl (C=O) groups excluding carboxylic acids is 1. The van der Waals surface area contributed by atoms with Gasteiger partial charge in [0.05, 0.1) is 5.71 Å². The lowest BCUT2D eigenvalue weighted by atomic mass is 9.99. The van der Waals surface area contributed by atoms with Gasteiger partial charge in [0.2, 0.25) is 0 Å². The Bertz CT molecular complexity index is 999. The number of hydrogen-bond donors (Lipinski definition) is 1. The molecule has 0 radical (unpaired) electrons. The van der Waals surface area contributed by atoms with E-state index >= 15 is 0 Å². The summed E-state index contributed by atoms with van der Waals surface area (Å²) in [7, 11) is 2.97. The third-order valence-electron chi connectivity index (χ3n) is 5.21. The molecule has 0 bridgehead atoms. The third-order valence-corrected chi connectivity index (χ3v) is 5.21. The second-order valence-corrected chi connectivity index (χ2v) is 7.66. The second-order valence-electron chi connectivity index (χ2n) is 7.66. The summed E-state index contributed by atoms with van der Waals surface area (Å²) in [4.78, 5) is 22.7. The molecule has 7 nitrogen and oxygen atoms in total. The predicted molar refractivity (Wildman–Crippen MR) is 132 cm³/mol. The second kappa shape index (κ2) is 13.3. The van der Waals surface area contributed by atoms with E-state index in [0.717, 1.165) is 53.0 Å². The smallest absolute Gasteiger partial charge is 0.273 e. The van der Waals surface area contributed by atoms with Crippen molar-refractivity contribution in [3.8, 4) is 5.75 Å². The van der Waals surface area contributed by atoms with Gasteiger partial charge in [0.1, 0.15) is 26.1 Å². The van der Waals surface area contributed by atoms with E-state index in [4.69, 9.17) is 14.4 Å². The standard InChI is InChI=1S/C26H35N3O4/c1-7-9-14-33-28-23(8-2)22-15-19(4)24(16-18(22)3)32-17-20-12-10-11-13-21(20)25(29-31-6)26(30)27-5/h10-13,15-16H,7-9,14,17H2,1-6H3,(H,27,30)/b28-23+,29-25+. The average molecular weight is 454 g/mol. The number of benzene rings is 2. The number of unbranched alkanes of at least 4 members (excludes halogenated alkanes) is 1. The molecule has 0 unspecified atom stereocenters. The fraction of sp³-hybridized carbons (Fsp3) is 0.423. The van der Waals surface area contributed by atoms with Gasteiger partial charge in [0.15, 0.2) is 5.71 Å². The van der Waals surface area contributed by atoms with Gasteiger partial charge in [-0.15, -0.1) is 0 Å². The van der Waals surface area contributed by atoms with Crippen molar-refractivity contribution in [2.24, 2.45) is 10.3 Å². The van der Waals surface area contributed by atoms with E-state index in [1.54, 1.807) is 7.05 Å². The van der Waals surface area contributed by atoms with Gasteiger partial charge < -0.3 is 19.7 Å². The molecule has 0 aliphatic rings. The molecule has 7 heteroatoms. The molecule has 1 N–H and O–H groups in total. The number of oxime groups is 2. The number of ether oxygens (including phenoxy) is 1. The van der Waals surface area contributed by atoms with Crippen molar-refractivity contribution in [3.05, 3.63) is 64.2 Å². The lowest BCUT2D eigenvalue weighted by Gasteiger charge is -2.16. The zero-order valence-electron chi connectivity index (χ0n) is 20.5. The van der Waals surface area contributed by atoms with Crippen LogP contribution in [0.25, 0.3) is 0 Å². The van der Waals surface area contributed by atoms with E-state index in [1.165, 1.54) is 7.11 Å². The Labute approximate surface area is 196 Å². The molecule has 0 saturated carbocycles. The van der Waals surface area contributed by atoms with Crippen molar-refractivity contribution >= 4 is 17.3 Å². The first-order valence-corrected chi connectivity index (χ1v) is 11.3. The van der Waals surface area contributed by atoms with Crippen LogP contribution in [0, 0.1) is 13.8 Å². The number of hydrogen-bond acceptors (Lipinski definition) is 6. The molecule has 2 rings (SSSR count). The first kappa shape index (κ1) is 25.9. The van der Waals surface area contributed by atoms with Crippen LogP contribution in [-0.4, -0.2) is 38.1 Å². The predicted octanol–water partition coefficient (Wildman–Crippen LogP) is 4.91. The fourth-order valence-corrected chi connectivity index (χ4v) is 3.35. The van der Waals surface area contributed by atoms with Crippen LogP contribution in [0.5, 0.6) is 5.75 Å². The van der Waals surface area contributed by atoms with Gasteiger partial charge >= 0.3 is 0 Å². The number of amides is 1. The van der Waals surface area contributed by atoms with E-state index in [-0.39, 0.29) is 18.2 Å². The maximum Gasteiger partial charge on any atom is 0.273 e. The van der Waals surface area contributed by atoms with Crippen LogP contribution < -0.4 is 10.1 Å². The molecule has 178 valence electrons. The molecule has 33 heavy (non-hydrogen) atoms. The Hall–Kier alpha value is -3.35. The Morgan fingerprint density at radius 1 is 1.03 bits per heavy atom. The van der Waals surface area contributed by atoms with E-state index in [0.29, 0.717) is 12.2 Å². The highest BCUT2D eigenvalue weighted by Gasteiger charge is 2.18. The number of nitrogens with one attached hydrogen (secondary N) is 1. The molecule has 2 aromatic rings. The summed E-state index contributed by atoms with van der Waals surface area (Å²) in [6.07, 6.45) is 2.84. The van der Waals surface area contributed by atoms with Crippen LogP contribution in [0.15, 0.2) is 46.7 Å². The van der Waals surface area contributed by atoms with Gasteiger partial charge in [-0.25, -0.2) is 0 Å². The Balaban J connectivity index is 2.26. The van der Waals surface area contributed by atoms with Crippen LogP contribution in [0.3, 0.4) is 0 Å². The molecular weight excluding hydrogens is 418 g/mol. The maximum atomic E-state index is 12.3. The minimum atomic E-state index is -0.326. The average Bonchev–Trinajstić information content (AvgIpc) is 2.83. The van der Waals surface area contributed by atoms with Gasteiger partial charge in [0, 0.05) is 18.2 Å². The number of nitrogens with zero attached hydrogens (tertiary/aromatic N) is 2. The fourth-order valence-electron chi connectivity index (χ4n) is 3.35. The van der Waals surface area contributed by atoms with Crippen LogP contribution >= 0.6 is 0 Å². The lowest BCUT2D eigenvalue weighted by molar-refractivity contribution is -0.114. The van der Waals surface area contributed by atoms with Crippen molar-refractivity contribution in [1.29, 1.82) is 0 Å². The van der Waals surface area contributed by atoms with E-state index in [9.17, 15) is 4.79 Å². The van der Waals surface area contributed by atoms with Gasteiger partial charge in [-0.1, -0.05) is 54.8 Å². The summed E-state index contributed by atoms with van der Waals surface area (Å²) in [6, 6.07) is 11.6. The molecule has 0 atom stereocenters. The largest absolute Gasteiger partial charge is 0.489 e. The summed E-state index contributed by atoms with van der Waals surface area (Å²) in [5.41, 5.74) is 5.75. The quantitative estimate of drug-likeness (QED) is 0.281. The first-order valence-electron chi connectivity index (χ1n) is 11.3. The number of aryl methyl sites for hydroxylation is 2. The molecule has 1 amide bonds. The zero-order chi connectivity index (χ0) is 24.2. The molecule has 0 aliphatic heterocycles. The van der Waals surface area contributed by atoms with E-state index in [1.807, 2.05) is 44.2 Å². The molecule has 0 saturated heterocycles. The number of likely N-dealkylation sites (N-methyl/N-ethyl adjacent to an activating group) is 1. The molecule has 0 spiro atoms.